The molecule has 3 saturated heterocycles. The average Bonchev–Trinajstić information content (AvgIpc) is 1.74. The number of rotatable bonds is 47. The summed E-state index contributed by atoms with van der Waals surface area (Å²) < 4.78 is 0. The van der Waals surface area contributed by atoms with E-state index >= 15 is 0 Å². The normalized spacial score (nSPS) is 17.2. The lowest BCUT2D eigenvalue weighted by Crippen LogP contribution is -2.60. The number of likely N-dealkylation sites (tertiary alicyclic amines) is 3. The number of carboxylic acid groups (broad SMARTS) is 3. The van der Waals surface area contributed by atoms with E-state index in [1.54, 1.807) is 50.3 Å². The number of hydrogen-bond acceptors (Lipinski definition) is 17. The van der Waals surface area contributed by atoms with Crippen LogP contribution in [-0.2, 0) is 89.6 Å². The average molecular weight is 1550 g/mol. The summed E-state index contributed by atoms with van der Waals surface area (Å²) >= 11 is 0. The first-order valence-electron chi connectivity index (χ1n) is 38.0. The molecule has 0 radical (unpaired) electrons. The molecule has 3 aliphatic heterocycles. The lowest BCUT2D eigenvalue weighted by molar-refractivity contribution is -0.146. The van der Waals surface area contributed by atoms with Gasteiger partial charge < -0.3 is 88.9 Å². The Morgan fingerprint density at radius 3 is 1.61 bits per heavy atom. The molecule has 0 aliphatic carbocycles. The van der Waals surface area contributed by atoms with Crippen molar-refractivity contribution in [3.05, 3.63) is 96.1 Å². The largest absolute Gasteiger partial charge is 0.481 e. The Balaban J connectivity index is 1.09. The van der Waals surface area contributed by atoms with Crippen molar-refractivity contribution in [2.75, 3.05) is 52.4 Å². The number of aliphatic carboxylic acids is 3. The Labute approximate surface area is 646 Å². The van der Waals surface area contributed by atoms with E-state index in [4.69, 9.17) is 11.5 Å². The van der Waals surface area contributed by atoms with E-state index in [-0.39, 0.29) is 127 Å². The minimum absolute atomic E-state index is 0.0153. The molecule has 0 spiro atoms. The third-order valence-electron chi connectivity index (χ3n) is 19.2. The van der Waals surface area contributed by atoms with Crippen molar-refractivity contribution in [3.63, 3.8) is 0 Å². The molecule has 12 amide bonds. The lowest BCUT2D eigenvalue weighted by Gasteiger charge is -2.34. The van der Waals surface area contributed by atoms with E-state index in [9.17, 15) is 92.0 Å². The monoisotopic (exact) mass is 1550 g/mol. The van der Waals surface area contributed by atoms with Crippen LogP contribution in [0.2, 0.25) is 0 Å². The molecule has 2 aromatic rings. The highest BCUT2D eigenvalue weighted by molar-refractivity contribution is 5.99. The number of carbonyl (C=O) groups excluding carboxylic acids is 13. The fraction of sp³-hybridized carbons (Fsp3) is 0.571. The van der Waals surface area contributed by atoms with Crippen molar-refractivity contribution < 1.29 is 92.0 Å². The van der Waals surface area contributed by atoms with E-state index in [1.165, 1.54) is 44.8 Å². The summed E-state index contributed by atoms with van der Waals surface area (Å²) in [6, 6.07) is 6.11. The predicted octanol–water partition coefficient (Wildman–Crippen LogP) is 0.636. The van der Waals surface area contributed by atoms with E-state index in [2.05, 4.69) is 47.5 Å². The molecule has 0 saturated carbocycles. The molecule has 111 heavy (non-hydrogen) atoms. The first-order valence-corrected chi connectivity index (χ1v) is 38.0. The van der Waals surface area contributed by atoms with Crippen LogP contribution in [0.25, 0.3) is 0 Å². The molecule has 1 unspecified atom stereocenters. The topological polar surface area (TPSA) is 507 Å². The lowest BCUT2D eigenvalue weighted by atomic mass is 9.96. The van der Waals surface area contributed by atoms with Crippen LogP contribution in [0, 0.1) is 11.8 Å². The van der Waals surface area contributed by atoms with Crippen LogP contribution in [0.15, 0.2) is 90.0 Å². The van der Waals surface area contributed by atoms with Crippen molar-refractivity contribution in [3.8, 4) is 0 Å². The molecule has 10 atom stereocenters. The van der Waals surface area contributed by atoms with Gasteiger partial charge in [-0.3, -0.25) is 76.9 Å². The second kappa shape index (κ2) is 47.1. The van der Waals surface area contributed by atoms with E-state index in [0.29, 0.717) is 63.5 Å². The second-order valence-corrected chi connectivity index (χ2v) is 28.5. The van der Waals surface area contributed by atoms with E-state index < -0.39 is 162 Å². The number of hydrogen-bond donors (Lipinski definition) is 13. The number of Topliss-reactive ketones (excluding diaryl/α,β-unsaturated/α-hetero) is 1. The fourth-order valence-corrected chi connectivity index (χ4v) is 13.3. The molecule has 2 aromatic carbocycles. The Morgan fingerprint density at radius 2 is 1.06 bits per heavy atom. The van der Waals surface area contributed by atoms with Gasteiger partial charge >= 0.3 is 17.9 Å². The van der Waals surface area contributed by atoms with Crippen LogP contribution in [0.3, 0.4) is 0 Å². The van der Waals surface area contributed by atoms with Crippen LogP contribution in [0.1, 0.15) is 161 Å². The summed E-state index contributed by atoms with van der Waals surface area (Å²) in [7, 11) is 0. The standard InChI is InChI=1S/C77H111N15O19/c1-6-49(4)67(75(109)91-41-20-28-59(91)70(104)87-58(76(110)111)43-48(2)3)88-71(105)60-29-19-40-90(60)72(106)54(34-35-65(98)99)85-68(102)55(44-51-23-9-7-10-24-51)86-69(103)56(46-66(100)101)84-64(97)33-16-18-37-81-63(96)32-15-17-36-80-62(95)31-14-13-27-53(94)47-89(39-22-38-82-77(78)79)74(108)61-30-21-42-92(61)73(107)57(83-50(5)93)45-52-25-11-8-12-26-52/h7-12,15-18,23-26,48-49,54-61,67H,6,13-14,19-22,27-47H2,1-5H3,(H,80,95)(H,81,96)(H,83,93)(H,84,97)(H,85,102)(H,86,103)(H,87,104)(H,88,105)(H,98,99)(H,100,101)(H,110,111)(H4,78,79,82)/b17-15+,18-16+/t49?,54-,55-,56-,57+,58-,59-,60-,61-,67-/m0/s1. The molecule has 3 aliphatic rings. The highest BCUT2D eigenvalue weighted by atomic mass is 16.4. The molecule has 3 fully saturated rings. The van der Waals surface area contributed by atoms with Crippen molar-refractivity contribution in [1.82, 2.24) is 62.1 Å². The van der Waals surface area contributed by atoms with Gasteiger partial charge in [0.2, 0.25) is 70.9 Å². The highest BCUT2D eigenvalue weighted by Gasteiger charge is 2.45. The molecule has 0 bridgehead atoms. The van der Waals surface area contributed by atoms with E-state index in [0.717, 1.165) is 5.56 Å². The molecule has 15 N–H and O–H groups in total. The van der Waals surface area contributed by atoms with Crippen LogP contribution >= 0.6 is 0 Å². The number of nitrogens with two attached hydrogens (primary N) is 2. The van der Waals surface area contributed by atoms with Gasteiger partial charge in [-0.25, -0.2) is 4.79 Å². The number of amides is 12. The summed E-state index contributed by atoms with van der Waals surface area (Å²) in [4.78, 5) is 223. The maximum absolute atomic E-state index is 14.6. The maximum atomic E-state index is 14.6. The molecule has 34 nitrogen and oxygen atoms in total. The number of nitrogens with one attached hydrogen (secondary N) is 8. The summed E-state index contributed by atoms with van der Waals surface area (Å²) in [5, 5.41) is 50.3. The van der Waals surface area contributed by atoms with Gasteiger partial charge in [-0.05, 0) is 93.6 Å². The van der Waals surface area contributed by atoms with Crippen LogP contribution in [0.4, 0.5) is 0 Å². The third-order valence-corrected chi connectivity index (χ3v) is 19.2. The van der Waals surface area contributed by atoms with Gasteiger partial charge in [-0.2, -0.15) is 0 Å². The van der Waals surface area contributed by atoms with E-state index in [1.807, 2.05) is 44.2 Å². The van der Waals surface area contributed by atoms with Gasteiger partial charge in [-0.1, -0.05) is 119 Å². The number of benzene rings is 2. The van der Waals surface area contributed by atoms with Crippen LogP contribution < -0.4 is 54.0 Å². The summed E-state index contributed by atoms with van der Waals surface area (Å²) in [6.45, 7) is 9.02. The number of aliphatic imine (C=N–C) groups is 1. The van der Waals surface area contributed by atoms with Crippen molar-refractivity contribution in [2.45, 2.75) is 217 Å². The number of carbonyl (C=O) groups is 16. The number of unbranched alkanes of at least 4 members (excludes halogenated alkanes) is 1. The quantitative estimate of drug-likeness (QED) is 0.0187. The summed E-state index contributed by atoms with van der Waals surface area (Å²) in [6.07, 6.45) is 7.06. The minimum atomic E-state index is -1.75. The number of nitrogens with zero attached hydrogens (tertiary/aromatic N) is 5. The zero-order chi connectivity index (χ0) is 81.7. The Morgan fingerprint density at radius 1 is 0.550 bits per heavy atom. The predicted molar refractivity (Wildman–Crippen MR) is 406 cm³/mol. The van der Waals surface area contributed by atoms with Gasteiger partial charge in [0.05, 0.1) is 13.0 Å². The SMILES string of the molecule is CCC(C)[C@H](NC(=O)[C@@H]1CCCN1C(=O)[C@H](CCC(=O)O)NC(=O)[C@H](Cc1ccccc1)NC(=O)[C@H](CC(=O)O)NC(=O)C/C=C/CNC(=O)C/C=C/CNC(=O)CCCCC(=O)CN(CCCN=C(N)N)C(=O)[C@@H]1CCCN1C(=O)[C@@H](Cc1ccccc1)NC(C)=O)C(=O)N1CCC[C@H]1C(=O)N[C@@H](CC(C)C)C(=O)O. The zero-order valence-electron chi connectivity index (χ0n) is 64.0. The van der Waals surface area contributed by atoms with Crippen LogP contribution in [0.5, 0.6) is 0 Å². The third kappa shape index (κ3) is 31.4. The Bertz CT molecular complexity index is 3650. The van der Waals surface area contributed by atoms with Gasteiger partial charge in [0.1, 0.15) is 54.4 Å². The fourth-order valence-electron chi connectivity index (χ4n) is 13.3. The second-order valence-electron chi connectivity index (χ2n) is 28.5. The van der Waals surface area contributed by atoms with Gasteiger partial charge in [0.15, 0.2) is 11.7 Å². The van der Waals surface area contributed by atoms with Gasteiger partial charge in [0.25, 0.3) is 0 Å². The first kappa shape index (κ1) is 90.5. The zero-order valence-corrected chi connectivity index (χ0v) is 64.0. The van der Waals surface area contributed by atoms with Crippen molar-refractivity contribution in [1.29, 1.82) is 0 Å². The minimum Gasteiger partial charge on any atom is -0.481 e. The van der Waals surface area contributed by atoms with Gasteiger partial charge in [-0.15, -0.1) is 0 Å². The highest BCUT2D eigenvalue weighted by Crippen LogP contribution is 2.26. The Hall–Kier alpha value is -11.1. The number of carboxylic acids is 3. The smallest absolute Gasteiger partial charge is 0.326 e. The molecule has 5 rings (SSSR count). The van der Waals surface area contributed by atoms with Crippen LogP contribution in [-0.4, -0.2) is 242 Å². The number of ketones is 1. The molecule has 608 valence electrons. The molecule has 34 heteroatoms. The summed E-state index contributed by atoms with van der Waals surface area (Å²) in [5.41, 5.74) is 12.3. The maximum Gasteiger partial charge on any atom is 0.326 e. The van der Waals surface area contributed by atoms with Gasteiger partial charge in [0, 0.05) is 97.7 Å². The first-order chi connectivity index (χ1) is 52.9. The molecular weight excluding hydrogens is 1440 g/mol. The number of guanidine groups is 1. The molecular formula is C77H111N15O19. The summed E-state index contributed by atoms with van der Waals surface area (Å²) in [5.74, 6) is -12.7. The Kier molecular flexibility index (Phi) is 38.4. The van der Waals surface area contributed by atoms with Crippen molar-refractivity contribution >= 4 is 101 Å². The van der Waals surface area contributed by atoms with Crippen molar-refractivity contribution in [2.24, 2.45) is 28.3 Å². The molecule has 3 heterocycles. The molecule has 0 aromatic heterocycles.